The first-order valence-corrected chi connectivity index (χ1v) is 19.8. The number of aliphatic hydroxyl groups is 3. The highest BCUT2D eigenvalue weighted by Gasteiger charge is 2.57. The minimum absolute atomic E-state index is 0.236. The second-order valence-corrected chi connectivity index (χ2v) is 16.3. The molecule has 49 heavy (non-hydrogen) atoms. The summed E-state index contributed by atoms with van der Waals surface area (Å²) in [5.41, 5.74) is 1.49. The van der Waals surface area contributed by atoms with Gasteiger partial charge >= 0.3 is 25.8 Å². The van der Waals surface area contributed by atoms with Gasteiger partial charge in [0.1, 0.15) is 11.4 Å². The predicted molar refractivity (Wildman–Crippen MR) is 196 cm³/mol. The van der Waals surface area contributed by atoms with Crippen LogP contribution < -0.4 is 4.74 Å². The summed E-state index contributed by atoms with van der Waals surface area (Å²) in [6, 6.07) is 14.1. The zero-order valence-corrected chi connectivity index (χ0v) is 32.9. The molecule has 2 aromatic rings. The maximum absolute atomic E-state index is 11.0. The number of rotatable bonds is 16. The molecular weight excluding hydrogens is 693 g/mol. The van der Waals surface area contributed by atoms with Gasteiger partial charge in [0.05, 0.1) is 25.2 Å². The molecule has 284 valence electrons. The highest BCUT2D eigenvalue weighted by molar-refractivity contribution is 7.53. The molecule has 1 unspecified atom stereocenters. The van der Waals surface area contributed by atoms with Crippen molar-refractivity contribution in [3.05, 3.63) is 64.7 Å². The van der Waals surface area contributed by atoms with Crippen LogP contribution in [0, 0.1) is 12.3 Å². The molecule has 0 heterocycles. The molecule has 0 fully saturated rings. The summed E-state index contributed by atoms with van der Waals surface area (Å²) >= 11 is 0. The zero-order valence-electron chi connectivity index (χ0n) is 30.2. The lowest BCUT2D eigenvalue weighted by atomic mass is 9.60. The van der Waals surface area contributed by atoms with Crippen LogP contribution in [0.5, 0.6) is 5.75 Å². The van der Waals surface area contributed by atoms with Crippen molar-refractivity contribution in [3.63, 3.8) is 0 Å². The Labute approximate surface area is 296 Å². The van der Waals surface area contributed by atoms with E-state index >= 15 is 0 Å². The Morgan fingerprint density at radius 1 is 0.633 bits per heavy atom. The molecule has 0 amide bonds. The molecule has 12 nitrogen and oxygen atoms in total. The van der Waals surface area contributed by atoms with Crippen molar-refractivity contribution in [1.82, 2.24) is 0 Å². The van der Waals surface area contributed by atoms with Crippen molar-refractivity contribution in [2.24, 2.45) is 5.41 Å². The number of benzene rings is 2. The van der Waals surface area contributed by atoms with Crippen LogP contribution in [0.25, 0.3) is 0 Å². The van der Waals surface area contributed by atoms with Crippen molar-refractivity contribution in [3.8, 4) is 5.75 Å². The molecule has 0 aliphatic rings. The second-order valence-electron chi connectivity index (χ2n) is 14.1. The Morgan fingerprint density at radius 2 is 1.04 bits per heavy atom. The van der Waals surface area contributed by atoms with Gasteiger partial charge < -0.3 is 54.3 Å². The molecule has 10 N–H and O–H groups in total. The van der Waals surface area contributed by atoms with Crippen LogP contribution >= 0.6 is 25.8 Å². The number of hydrogen-bond acceptors (Lipinski definition) is 12. The lowest BCUT2D eigenvalue weighted by molar-refractivity contribution is -0.150. The van der Waals surface area contributed by atoms with Crippen LogP contribution in [0.15, 0.2) is 42.5 Å². The molecule has 0 radical (unpaired) electrons. The van der Waals surface area contributed by atoms with Crippen molar-refractivity contribution in [1.29, 1.82) is 0 Å². The Kier molecular flexibility index (Phi) is 22.5. The van der Waals surface area contributed by atoms with Gasteiger partial charge in [-0.25, -0.2) is 4.31 Å². The third-order valence-corrected chi connectivity index (χ3v) is 9.30. The summed E-state index contributed by atoms with van der Waals surface area (Å²) in [6.45, 7) is 16.4. The molecule has 1 atom stereocenters. The summed E-state index contributed by atoms with van der Waals surface area (Å²) in [7, 11) is -7.84. The summed E-state index contributed by atoms with van der Waals surface area (Å²) in [6.07, 6.45) is 7.20. The van der Waals surface area contributed by atoms with Crippen molar-refractivity contribution in [2.75, 3.05) is 19.8 Å². The monoisotopic (exact) mass is 754 g/mol. The lowest BCUT2D eigenvalue weighted by Crippen LogP contribution is -2.58. The van der Waals surface area contributed by atoms with E-state index in [1.54, 1.807) is 0 Å². The molecule has 0 aromatic heterocycles. The third-order valence-electron chi connectivity index (χ3n) is 8.13. The average Bonchev–Trinajstić information content (AvgIpc) is 2.98. The minimum atomic E-state index is -2.62. The molecule has 2 rings (SSSR count). The van der Waals surface area contributed by atoms with Crippen LogP contribution in [0.2, 0.25) is 0 Å². The average molecular weight is 755 g/mol. The van der Waals surface area contributed by atoms with E-state index in [2.05, 4.69) is 71.8 Å². The smallest absolute Gasteiger partial charge is 0.334 e. The van der Waals surface area contributed by atoms with Crippen LogP contribution in [0.4, 0.5) is 0 Å². The Bertz CT molecular complexity index is 1120. The summed E-state index contributed by atoms with van der Waals surface area (Å²) in [5, 5.41) is 32.9. The van der Waals surface area contributed by atoms with E-state index in [0.717, 1.165) is 36.0 Å². The van der Waals surface area contributed by atoms with E-state index in [1.807, 2.05) is 30.3 Å². The van der Waals surface area contributed by atoms with Gasteiger partial charge in [-0.3, -0.25) is 0 Å². The summed E-state index contributed by atoms with van der Waals surface area (Å²) in [4.78, 5) is 53.0. The Balaban J connectivity index is 0.00000180. The molecule has 0 aliphatic heterocycles. The topological polar surface area (TPSA) is 221 Å². The largest absolute Gasteiger partial charge is 0.482 e. The van der Waals surface area contributed by atoms with Crippen LogP contribution in [0.1, 0.15) is 116 Å². The molecule has 15 heteroatoms. The Hall–Kier alpha value is -0.910. The minimum Gasteiger partial charge on any atom is -0.482 e. The van der Waals surface area contributed by atoms with E-state index in [4.69, 9.17) is 39.0 Å². The van der Waals surface area contributed by atoms with Crippen LogP contribution in [0.3, 0.4) is 0 Å². The zero-order chi connectivity index (χ0) is 38.1. The molecule has 0 saturated heterocycles. The van der Waals surface area contributed by atoms with Gasteiger partial charge in [0.25, 0.3) is 0 Å². The number of aliphatic hydroxyl groups excluding tert-OH is 3. The lowest BCUT2D eigenvalue weighted by Gasteiger charge is -2.51. The van der Waals surface area contributed by atoms with Crippen molar-refractivity contribution < 1.29 is 58.6 Å². The maximum Gasteiger partial charge on any atom is 0.334 e. The van der Waals surface area contributed by atoms with E-state index in [0.29, 0.717) is 12.2 Å². The van der Waals surface area contributed by atoms with Crippen molar-refractivity contribution in [2.45, 2.75) is 117 Å². The van der Waals surface area contributed by atoms with E-state index in [9.17, 15) is 15.3 Å². The fourth-order valence-corrected chi connectivity index (χ4v) is 6.24. The number of para-hydroxylation sites is 1. The number of unbranched alkanes of at least 4 members (excludes halogenated alkanes) is 5. The second kappa shape index (κ2) is 22.9. The van der Waals surface area contributed by atoms with E-state index in [1.165, 1.54) is 24.8 Å². The van der Waals surface area contributed by atoms with Crippen LogP contribution in [-0.4, -0.2) is 69.4 Å². The van der Waals surface area contributed by atoms with E-state index < -0.39 is 56.6 Å². The van der Waals surface area contributed by atoms with Gasteiger partial charge in [-0.2, -0.15) is 0 Å². The van der Waals surface area contributed by atoms with Gasteiger partial charge in [0.2, 0.25) is 0 Å². The SMILES string of the molecule is CCCCCCCCC(Oc1ccccc1)(c1c(C(C)(C)C)cc(C)cc1C(C)(C)C)C(CO)(CO)CO.OP(O)O.OP(O)OP(O)O. The predicted octanol–water partition coefficient (Wildman–Crippen LogP) is 6.19. The first-order valence-electron chi connectivity index (χ1n) is 16.3. The normalized spacial score (nSPS) is 13.5. The number of hydrogen-bond donors (Lipinski definition) is 10. The fourth-order valence-electron chi connectivity index (χ4n) is 5.71. The van der Waals surface area contributed by atoms with Gasteiger partial charge in [-0.05, 0) is 53.9 Å². The Morgan fingerprint density at radius 3 is 1.39 bits per heavy atom. The number of aryl methyl sites for hydroxylation is 1. The first kappa shape index (κ1) is 48.1. The molecule has 0 bridgehead atoms. The molecule has 0 aliphatic carbocycles. The third kappa shape index (κ3) is 16.1. The standard InChI is InChI=1S/C34H54O4.H4O5P2.H3O3P/c1-9-10-11-12-13-17-20-34(33(23-35,24-36)25-37,38-27-18-15-14-16-19-27)30-28(31(3,4)5)21-26(2)22-29(30)32(6,7)8;1-6(2)5-7(3)4;1-4(2)3/h14-16,18-19,21-22,35-37H,9-13,17,20,23-25H2,1-8H3;1-4H;1-3H. The molecule has 0 spiro atoms. The van der Waals surface area contributed by atoms with Gasteiger partial charge in [-0.15, -0.1) is 0 Å². The van der Waals surface area contributed by atoms with Crippen LogP contribution in [-0.2, 0) is 20.7 Å². The molecule has 0 saturated carbocycles. The quantitative estimate of drug-likeness (QED) is 0.0685. The van der Waals surface area contributed by atoms with Gasteiger partial charge in [-0.1, -0.05) is 116 Å². The van der Waals surface area contributed by atoms with Crippen molar-refractivity contribution >= 4 is 25.8 Å². The van der Waals surface area contributed by atoms with Gasteiger partial charge in [0, 0.05) is 5.56 Å². The highest BCUT2D eigenvalue weighted by atomic mass is 31.2. The first-order chi connectivity index (χ1) is 22.7. The molecule has 2 aromatic carbocycles. The maximum atomic E-state index is 11.0. The highest BCUT2D eigenvalue weighted by Crippen LogP contribution is 2.53. The summed E-state index contributed by atoms with van der Waals surface area (Å²) < 4.78 is 10.7. The van der Waals surface area contributed by atoms with E-state index in [-0.39, 0.29) is 10.8 Å². The molecular formula is C34H61O12P3. The number of ether oxygens (including phenoxy) is 1. The fraction of sp³-hybridized carbons (Fsp3) is 0.647. The van der Waals surface area contributed by atoms with Gasteiger partial charge in [0.15, 0.2) is 0 Å². The summed E-state index contributed by atoms with van der Waals surface area (Å²) in [5.74, 6) is 0.665.